The maximum atomic E-state index is 11.9. The monoisotopic (exact) mass is 243 g/mol. The summed E-state index contributed by atoms with van der Waals surface area (Å²) in [6, 6.07) is 7.51. The summed E-state index contributed by atoms with van der Waals surface area (Å²) < 4.78 is 5.28. The van der Waals surface area contributed by atoms with Crippen LogP contribution >= 0.6 is 0 Å². The van der Waals surface area contributed by atoms with Gasteiger partial charge in [0.2, 0.25) is 0 Å². The highest BCUT2D eigenvalue weighted by Gasteiger charge is 2.18. The van der Waals surface area contributed by atoms with Gasteiger partial charge in [0.25, 0.3) is 5.56 Å². The second kappa shape index (κ2) is 4.27. The molecule has 2 aromatic rings. The summed E-state index contributed by atoms with van der Waals surface area (Å²) in [7, 11) is 1.60. The standard InChI is InChI=1S/C13H13N3O2/c1-18-11-5-3-2-4-8(11)12-15-10-7-14-6-9(10)13(17)16-12/h2-5,14H,6-7H2,1H3,(H,15,16,17). The number of aromatic nitrogens is 2. The number of rotatable bonds is 2. The van der Waals surface area contributed by atoms with Crippen molar-refractivity contribution in [2.45, 2.75) is 13.1 Å². The fourth-order valence-electron chi connectivity index (χ4n) is 2.15. The molecule has 1 aliphatic rings. The molecule has 5 nitrogen and oxygen atoms in total. The average Bonchev–Trinajstić information content (AvgIpc) is 2.87. The summed E-state index contributed by atoms with van der Waals surface area (Å²) in [5.74, 6) is 1.26. The highest BCUT2D eigenvalue weighted by molar-refractivity contribution is 5.64. The molecule has 1 aromatic carbocycles. The topological polar surface area (TPSA) is 67.0 Å². The Labute approximate surface area is 104 Å². The average molecular weight is 243 g/mol. The Hall–Kier alpha value is -2.14. The van der Waals surface area contributed by atoms with Crippen molar-refractivity contribution in [3.05, 3.63) is 45.9 Å². The number of nitrogens with zero attached hydrogens (tertiary/aromatic N) is 1. The van der Waals surface area contributed by atoms with E-state index in [0.29, 0.717) is 24.7 Å². The number of nitrogens with one attached hydrogen (secondary N) is 2. The summed E-state index contributed by atoms with van der Waals surface area (Å²) >= 11 is 0. The number of ether oxygens (including phenoxy) is 1. The van der Waals surface area contributed by atoms with Crippen LogP contribution in [-0.2, 0) is 13.1 Å². The third kappa shape index (κ3) is 1.69. The lowest BCUT2D eigenvalue weighted by atomic mass is 10.1. The molecule has 2 heterocycles. The number of methoxy groups -OCH3 is 1. The maximum absolute atomic E-state index is 11.9. The molecule has 2 N–H and O–H groups in total. The molecule has 0 saturated carbocycles. The summed E-state index contributed by atoms with van der Waals surface area (Å²) in [5.41, 5.74) is 2.27. The molecule has 0 saturated heterocycles. The van der Waals surface area contributed by atoms with Gasteiger partial charge in [0, 0.05) is 13.1 Å². The molecule has 0 fully saturated rings. The number of hydrogen-bond donors (Lipinski definition) is 2. The second-order valence-corrected chi connectivity index (χ2v) is 4.14. The van der Waals surface area contributed by atoms with Gasteiger partial charge in [0.05, 0.1) is 23.9 Å². The van der Waals surface area contributed by atoms with Crippen LogP contribution in [0.25, 0.3) is 11.4 Å². The van der Waals surface area contributed by atoms with Crippen molar-refractivity contribution in [2.75, 3.05) is 7.11 Å². The van der Waals surface area contributed by atoms with Gasteiger partial charge in [0.15, 0.2) is 0 Å². The molecule has 0 aliphatic carbocycles. The molecule has 92 valence electrons. The molecule has 1 aromatic heterocycles. The second-order valence-electron chi connectivity index (χ2n) is 4.14. The van der Waals surface area contributed by atoms with E-state index in [1.54, 1.807) is 7.11 Å². The molecule has 0 radical (unpaired) electrons. The number of hydrogen-bond acceptors (Lipinski definition) is 4. The van der Waals surface area contributed by atoms with E-state index in [2.05, 4.69) is 15.3 Å². The van der Waals surface area contributed by atoms with Gasteiger partial charge in [-0.1, -0.05) is 12.1 Å². The van der Waals surface area contributed by atoms with E-state index in [0.717, 1.165) is 16.8 Å². The van der Waals surface area contributed by atoms with Gasteiger partial charge in [-0.25, -0.2) is 4.98 Å². The number of H-pyrrole nitrogens is 1. The van der Waals surface area contributed by atoms with E-state index in [9.17, 15) is 4.79 Å². The van der Waals surface area contributed by atoms with Crippen molar-refractivity contribution >= 4 is 0 Å². The number of para-hydroxylation sites is 1. The fraction of sp³-hybridized carbons (Fsp3) is 0.231. The molecule has 0 amide bonds. The Balaban J connectivity index is 2.18. The normalized spacial score (nSPS) is 13.4. The summed E-state index contributed by atoms with van der Waals surface area (Å²) in [6.45, 7) is 1.23. The lowest BCUT2D eigenvalue weighted by molar-refractivity contribution is 0.416. The van der Waals surface area contributed by atoms with Crippen molar-refractivity contribution in [2.24, 2.45) is 0 Å². The minimum absolute atomic E-state index is 0.0779. The first-order valence-electron chi connectivity index (χ1n) is 5.76. The van der Waals surface area contributed by atoms with Crippen LogP contribution in [0.5, 0.6) is 5.75 Å². The van der Waals surface area contributed by atoms with E-state index < -0.39 is 0 Å². The summed E-state index contributed by atoms with van der Waals surface area (Å²) in [6.07, 6.45) is 0. The van der Waals surface area contributed by atoms with Gasteiger partial charge < -0.3 is 15.0 Å². The van der Waals surface area contributed by atoms with E-state index >= 15 is 0 Å². The van der Waals surface area contributed by atoms with Crippen LogP contribution in [0.15, 0.2) is 29.1 Å². The smallest absolute Gasteiger partial charge is 0.255 e. The molecular weight excluding hydrogens is 230 g/mol. The molecule has 0 bridgehead atoms. The zero-order valence-corrected chi connectivity index (χ0v) is 9.99. The number of benzene rings is 1. The van der Waals surface area contributed by atoms with E-state index in [-0.39, 0.29) is 5.56 Å². The van der Waals surface area contributed by atoms with Gasteiger partial charge >= 0.3 is 0 Å². The zero-order valence-electron chi connectivity index (χ0n) is 9.99. The predicted octanol–water partition coefficient (Wildman–Crippen LogP) is 1.05. The molecular formula is C13H13N3O2. The minimum Gasteiger partial charge on any atom is -0.496 e. The maximum Gasteiger partial charge on any atom is 0.255 e. The highest BCUT2D eigenvalue weighted by Crippen LogP contribution is 2.26. The molecule has 1 aliphatic heterocycles. The quantitative estimate of drug-likeness (QED) is 0.827. The van der Waals surface area contributed by atoms with E-state index in [1.165, 1.54) is 0 Å². The Bertz CT molecular complexity index is 649. The van der Waals surface area contributed by atoms with Crippen LogP contribution in [0.1, 0.15) is 11.3 Å². The van der Waals surface area contributed by atoms with Crippen molar-refractivity contribution in [1.82, 2.24) is 15.3 Å². The molecule has 18 heavy (non-hydrogen) atoms. The lowest BCUT2D eigenvalue weighted by Gasteiger charge is -2.08. The van der Waals surface area contributed by atoms with Gasteiger partial charge in [-0.3, -0.25) is 4.79 Å². The van der Waals surface area contributed by atoms with E-state index in [4.69, 9.17) is 4.74 Å². The largest absolute Gasteiger partial charge is 0.496 e. The van der Waals surface area contributed by atoms with Crippen LogP contribution in [0.3, 0.4) is 0 Å². The van der Waals surface area contributed by atoms with Crippen LogP contribution in [0.2, 0.25) is 0 Å². The molecule has 0 spiro atoms. The first-order chi connectivity index (χ1) is 8.79. The number of aromatic amines is 1. The van der Waals surface area contributed by atoms with Crippen LogP contribution in [0.4, 0.5) is 0 Å². The Morgan fingerprint density at radius 2 is 2.11 bits per heavy atom. The Morgan fingerprint density at radius 3 is 2.94 bits per heavy atom. The van der Waals surface area contributed by atoms with Crippen LogP contribution < -0.4 is 15.6 Å². The molecule has 0 unspecified atom stereocenters. The van der Waals surface area contributed by atoms with Crippen LogP contribution in [-0.4, -0.2) is 17.1 Å². The highest BCUT2D eigenvalue weighted by atomic mass is 16.5. The van der Waals surface area contributed by atoms with Crippen molar-refractivity contribution in [3.63, 3.8) is 0 Å². The van der Waals surface area contributed by atoms with Gasteiger partial charge in [-0.15, -0.1) is 0 Å². The first kappa shape index (κ1) is 11.0. The van der Waals surface area contributed by atoms with Crippen molar-refractivity contribution in [3.8, 4) is 17.1 Å². The van der Waals surface area contributed by atoms with Gasteiger partial charge in [-0.05, 0) is 12.1 Å². The zero-order chi connectivity index (χ0) is 12.5. The third-order valence-corrected chi connectivity index (χ3v) is 3.06. The minimum atomic E-state index is -0.0779. The molecule has 3 rings (SSSR count). The third-order valence-electron chi connectivity index (χ3n) is 3.06. The fourth-order valence-corrected chi connectivity index (χ4v) is 2.15. The first-order valence-corrected chi connectivity index (χ1v) is 5.76. The summed E-state index contributed by atoms with van der Waals surface area (Å²) in [5, 5.41) is 3.12. The van der Waals surface area contributed by atoms with Gasteiger partial charge in [-0.2, -0.15) is 0 Å². The van der Waals surface area contributed by atoms with Gasteiger partial charge in [0.1, 0.15) is 11.6 Å². The Kier molecular flexibility index (Phi) is 2.60. The van der Waals surface area contributed by atoms with E-state index in [1.807, 2.05) is 24.3 Å². The predicted molar refractivity (Wildman–Crippen MR) is 67.4 cm³/mol. The van der Waals surface area contributed by atoms with Crippen LogP contribution in [0, 0.1) is 0 Å². The van der Waals surface area contributed by atoms with Crippen molar-refractivity contribution in [1.29, 1.82) is 0 Å². The molecule has 0 atom stereocenters. The Morgan fingerprint density at radius 1 is 1.28 bits per heavy atom. The summed E-state index contributed by atoms with van der Waals surface area (Å²) in [4.78, 5) is 19.2. The molecule has 5 heteroatoms. The van der Waals surface area contributed by atoms with Crippen molar-refractivity contribution < 1.29 is 4.74 Å². The lowest BCUT2D eigenvalue weighted by Crippen LogP contribution is -2.15. The SMILES string of the molecule is COc1ccccc1-c1nc2c(c(=O)[nH]1)CNC2. The number of fused-ring (bicyclic) bond motifs is 1.